The van der Waals surface area contributed by atoms with Gasteiger partial charge in [0.05, 0.1) is 0 Å². The number of rotatable bonds is 1. The summed E-state index contributed by atoms with van der Waals surface area (Å²) in [5.41, 5.74) is 1.60. The van der Waals surface area contributed by atoms with Gasteiger partial charge in [0.25, 0.3) is 0 Å². The first-order chi connectivity index (χ1) is 12.3. The second-order valence-corrected chi connectivity index (χ2v) is 9.95. The molecule has 0 aromatic heterocycles. The molecule has 0 amide bonds. The van der Waals surface area contributed by atoms with Crippen molar-refractivity contribution >= 4 is 11.8 Å². The molecule has 4 aliphatic carbocycles. The Bertz CT molecular complexity index is 650. The molecule has 7 unspecified atom stereocenters. The lowest BCUT2D eigenvalue weighted by atomic mass is 9.45. The maximum Gasteiger partial charge on any atom is 0.302 e. The molecular formula is C23H34O3. The molecule has 0 aromatic carbocycles. The van der Waals surface area contributed by atoms with Crippen LogP contribution in [-0.2, 0) is 14.3 Å². The fraction of sp³-hybridized carbons (Fsp3) is 0.826. The van der Waals surface area contributed by atoms with Crippen LogP contribution in [0.2, 0.25) is 0 Å². The first-order valence-electron chi connectivity index (χ1n) is 10.7. The average Bonchev–Trinajstić information content (AvgIpc) is 2.84. The van der Waals surface area contributed by atoms with Crippen molar-refractivity contribution in [1.82, 2.24) is 0 Å². The Labute approximate surface area is 157 Å². The summed E-state index contributed by atoms with van der Waals surface area (Å²) in [6, 6.07) is 0. The molecule has 3 heteroatoms. The lowest BCUT2D eigenvalue weighted by Gasteiger charge is -2.60. The Morgan fingerprint density at radius 3 is 2.58 bits per heavy atom. The van der Waals surface area contributed by atoms with E-state index in [0.717, 1.165) is 30.8 Å². The van der Waals surface area contributed by atoms with Crippen LogP contribution in [-0.4, -0.2) is 17.9 Å². The predicted molar refractivity (Wildman–Crippen MR) is 101 cm³/mol. The molecule has 7 atom stereocenters. The van der Waals surface area contributed by atoms with Crippen LogP contribution in [0, 0.1) is 34.5 Å². The number of fused-ring (bicyclic) bond motifs is 5. The van der Waals surface area contributed by atoms with Gasteiger partial charge in [-0.15, -0.1) is 0 Å². The Hall–Kier alpha value is -1.12. The van der Waals surface area contributed by atoms with E-state index in [-0.39, 0.29) is 17.5 Å². The molecule has 3 nitrogen and oxygen atoms in total. The van der Waals surface area contributed by atoms with Crippen LogP contribution in [0.3, 0.4) is 0 Å². The highest BCUT2D eigenvalue weighted by atomic mass is 16.5. The van der Waals surface area contributed by atoms with Crippen molar-refractivity contribution < 1.29 is 14.3 Å². The summed E-state index contributed by atoms with van der Waals surface area (Å²) in [5, 5.41) is 0. The molecule has 4 rings (SSSR count). The van der Waals surface area contributed by atoms with Crippen LogP contribution in [0.15, 0.2) is 11.6 Å². The van der Waals surface area contributed by atoms with E-state index in [1.807, 2.05) is 6.92 Å². The highest BCUT2D eigenvalue weighted by Gasteiger charge is 2.60. The first kappa shape index (κ1) is 18.3. The second-order valence-electron chi connectivity index (χ2n) is 9.95. The molecular weight excluding hydrogens is 324 g/mol. The van der Waals surface area contributed by atoms with E-state index in [4.69, 9.17) is 4.74 Å². The normalized spacial score (nSPS) is 49.3. The van der Waals surface area contributed by atoms with Crippen molar-refractivity contribution in [2.24, 2.45) is 34.5 Å². The molecule has 0 bridgehead atoms. The quantitative estimate of drug-likeness (QED) is 0.484. The van der Waals surface area contributed by atoms with E-state index in [9.17, 15) is 9.59 Å². The average molecular weight is 359 g/mol. The van der Waals surface area contributed by atoms with Crippen LogP contribution < -0.4 is 0 Å². The first-order valence-corrected chi connectivity index (χ1v) is 10.7. The van der Waals surface area contributed by atoms with Crippen molar-refractivity contribution in [3.05, 3.63) is 11.6 Å². The van der Waals surface area contributed by atoms with Gasteiger partial charge in [0, 0.05) is 13.3 Å². The summed E-state index contributed by atoms with van der Waals surface area (Å²) >= 11 is 0. The highest BCUT2D eigenvalue weighted by Crippen LogP contribution is 2.66. The minimum atomic E-state index is -0.135. The van der Waals surface area contributed by atoms with Crippen molar-refractivity contribution in [2.75, 3.05) is 0 Å². The van der Waals surface area contributed by atoms with Gasteiger partial charge in [-0.05, 0) is 91.9 Å². The predicted octanol–water partition coefficient (Wildman–Crippen LogP) is 5.09. The van der Waals surface area contributed by atoms with Crippen LogP contribution in [0.5, 0.6) is 0 Å². The summed E-state index contributed by atoms with van der Waals surface area (Å²) < 4.78 is 5.56. The third-order valence-corrected chi connectivity index (χ3v) is 8.95. The van der Waals surface area contributed by atoms with Crippen LogP contribution in [0.1, 0.15) is 79.1 Å². The number of Topliss-reactive ketones (excluding diaryl/α,β-unsaturated/α-hetero) is 1. The van der Waals surface area contributed by atoms with Crippen LogP contribution in [0.25, 0.3) is 0 Å². The minimum absolute atomic E-state index is 0.116. The molecule has 0 heterocycles. The Morgan fingerprint density at radius 2 is 1.88 bits per heavy atom. The topological polar surface area (TPSA) is 43.4 Å². The van der Waals surface area contributed by atoms with Crippen molar-refractivity contribution in [3.8, 4) is 0 Å². The molecule has 0 spiro atoms. The number of ether oxygens (including phenoxy) is 1. The van der Waals surface area contributed by atoms with E-state index < -0.39 is 0 Å². The SMILES string of the molecule is CC=C1C(=O)CC2C3CCC4CC(OC(C)=O)CCC4(C)C3CCC12C. The number of hydrogen-bond donors (Lipinski definition) is 0. The van der Waals surface area contributed by atoms with Gasteiger partial charge in [-0.25, -0.2) is 0 Å². The number of allylic oxidation sites excluding steroid dienone is 2. The van der Waals surface area contributed by atoms with Gasteiger partial charge in [0.15, 0.2) is 5.78 Å². The molecule has 26 heavy (non-hydrogen) atoms. The fourth-order valence-corrected chi connectivity index (χ4v) is 7.71. The number of ketones is 1. The van der Waals surface area contributed by atoms with Gasteiger partial charge >= 0.3 is 5.97 Å². The number of esters is 1. The van der Waals surface area contributed by atoms with E-state index in [1.54, 1.807) is 0 Å². The zero-order chi connectivity index (χ0) is 18.7. The zero-order valence-corrected chi connectivity index (χ0v) is 16.8. The van der Waals surface area contributed by atoms with Gasteiger partial charge in [0.1, 0.15) is 6.10 Å². The summed E-state index contributed by atoms with van der Waals surface area (Å²) in [5.74, 6) is 2.92. The Kier molecular flexibility index (Phi) is 4.36. The second kappa shape index (κ2) is 6.21. The molecule has 4 saturated carbocycles. The lowest BCUT2D eigenvalue weighted by molar-refractivity contribution is -0.158. The number of carbonyl (C=O) groups excluding carboxylic acids is 2. The molecule has 4 fully saturated rings. The van der Waals surface area contributed by atoms with Gasteiger partial charge < -0.3 is 4.74 Å². The largest absolute Gasteiger partial charge is 0.463 e. The van der Waals surface area contributed by atoms with Crippen molar-refractivity contribution in [1.29, 1.82) is 0 Å². The fourth-order valence-electron chi connectivity index (χ4n) is 7.71. The highest BCUT2D eigenvalue weighted by molar-refractivity contribution is 5.99. The van der Waals surface area contributed by atoms with E-state index in [2.05, 4.69) is 19.9 Å². The lowest BCUT2D eigenvalue weighted by Crippen LogP contribution is -2.53. The monoisotopic (exact) mass is 358 g/mol. The number of hydrogen-bond acceptors (Lipinski definition) is 3. The van der Waals surface area contributed by atoms with Crippen LogP contribution in [0.4, 0.5) is 0 Å². The maximum absolute atomic E-state index is 12.6. The molecule has 144 valence electrons. The Morgan fingerprint density at radius 1 is 1.12 bits per heavy atom. The standard InChI is InChI=1S/C23H34O3/c1-5-18-21(25)13-20-17-7-6-15-12-16(26-14(2)24)8-10-22(15,3)19(17)9-11-23(18,20)4/h5,15-17,19-20H,6-13H2,1-4H3. The zero-order valence-electron chi connectivity index (χ0n) is 16.8. The van der Waals surface area contributed by atoms with Crippen molar-refractivity contribution in [2.45, 2.75) is 85.2 Å². The van der Waals surface area contributed by atoms with E-state index in [1.165, 1.54) is 39.0 Å². The van der Waals surface area contributed by atoms with Gasteiger partial charge in [-0.2, -0.15) is 0 Å². The summed E-state index contributed by atoms with van der Waals surface area (Å²) in [7, 11) is 0. The van der Waals surface area contributed by atoms with E-state index >= 15 is 0 Å². The smallest absolute Gasteiger partial charge is 0.302 e. The van der Waals surface area contributed by atoms with Gasteiger partial charge in [-0.3, -0.25) is 9.59 Å². The maximum atomic E-state index is 12.6. The van der Waals surface area contributed by atoms with E-state index in [0.29, 0.717) is 29.0 Å². The molecule has 0 aromatic rings. The molecule has 4 aliphatic rings. The molecule has 0 aliphatic heterocycles. The summed E-state index contributed by atoms with van der Waals surface area (Å²) in [6.07, 6.45) is 11.1. The summed E-state index contributed by atoms with van der Waals surface area (Å²) in [6.45, 7) is 8.44. The molecule has 0 radical (unpaired) electrons. The third-order valence-electron chi connectivity index (χ3n) is 8.95. The number of carbonyl (C=O) groups is 2. The third kappa shape index (κ3) is 2.52. The van der Waals surface area contributed by atoms with Crippen LogP contribution >= 0.6 is 0 Å². The molecule has 0 N–H and O–H groups in total. The van der Waals surface area contributed by atoms with Gasteiger partial charge in [-0.1, -0.05) is 19.9 Å². The Balaban J connectivity index is 1.57. The summed E-state index contributed by atoms with van der Waals surface area (Å²) in [4.78, 5) is 24.0. The molecule has 0 saturated heterocycles. The van der Waals surface area contributed by atoms with Crippen molar-refractivity contribution in [3.63, 3.8) is 0 Å². The minimum Gasteiger partial charge on any atom is -0.463 e. The van der Waals surface area contributed by atoms with Gasteiger partial charge in [0.2, 0.25) is 0 Å².